The monoisotopic (exact) mass is 207 g/mol. The van der Waals surface area contributed by atoms with Gasteiger partial charge in [0.1, 0.15) is 4.83 Å². The molecule has 0 saturated carbocycles. The van der Waals surface area contributed by atoms with Gasteiger partial charge in [0.25, 0.3) is 0 Å². The first-order valence-electron chi connectivity index (χ1n) is 4.46. The summed E-state index contributed by atoms with van der Waals surface area (Å²) in [5.41, 5.74) is 0. The molecule has 4 nitrogen and oxygen atoms in total. The molecule has 2 aromatic rings. The number of aromatic nitrogens is 2. The molecule has 1 aliphatic rings. The van der Waals surface area contributed by atoms with Crippen molar-refractivity contribution in [3.8, 4) is 0 Å². The first-order valence-corrected chi connectivity index (χ1v) is 5.34. The van der Waals surface area contributed by atoms with Gasteiger partial charge in [-0.25, -0.2) is 9.97 Å². The van der Waals surface area contributed by atoms with Crippen LogP contribution in [0, 0.1) is 0 Å². The molecule has 0 radical (unpaired) electrons. The maximum absolute atomic E-state index is 9.16. The quantitative estimate of drug-likeness (QED) is 0.754. The second kappa shape index (κ2) is 2.90. The standard InChI is InChI=1S/C9H9N3OS/c13-7-4-12(5-7)9-10-3-6-1-2-14-8(6)11-9/h1-3,7,13H,4-5H2. The van der Waals surface area contributed by atoms with Gasteiger partial charge in [-0.05, 0) is 11.4 Å². The summed E-state index contributed by atoms with van der Waals surface area (Å²) >= 11 is 1.61. The third-order valence-electron chi connectivity index (χ3n) is 2.34. The number of aliphatic hydroxyl groups excluding tert-OH is 1. The summed E-state index contributed by atoms with van der Waals surface area (Å²) in [6.07, 6.45) is 1.62. The number of nitrogens with zero attached hydrogens (tertiary/aromatic N) is 3. The van der Waals surface area contributed by atoms with Crippen LogP contribution < -0.4 is 4.90 Å². The molecular weight excluding hydrogens is 198 g/mol. The van der Waals surface area contributed by atoms with Crippen LogP contribution in [0.25, 0.3) is 10.2 Å². The molecule has 5 heteroatoms. The number of thiophene rings is 1. The highest BCUT2D eigenvalue weighted by Gasteiger charge is 2.26. The topological polar surface area (TPSA) is 49.2 Å². The summed E-state index contributed by atoms with van der Waals surface area (Å²) in [7, 11) is 0. The summed E-state index contributed by atoms with van der Waals surface area (Å²) in [5, 5.41) is 12.2. The number of aliphatic hydroxyl groups is 1. The van der Waals surface area contributed by atoms with Gasteiger partial charge < -0.3 is 10.0 Å². The summed E-state index contributed by atoms with van der Waals surface area (Å²) in [4.78, 5) is 11.6. The van der Waals surface area contributed by atoms with Crippen LogP contribution in [0.5, 0.6) is 0 Å². The molecule has 1 aliphatic heterocycles. The van der Waals surface area contributed by atoms with E-state index in [0.717, 1.165) is 16.2 Å². The lowest BCUT2D eigenvalue weighted by molar-refractivity contribution is 0.140. The number of fused-ring (bicyclic) bond motifs is 1. The van der Waals surface area contributed by atoms with Crippen LogP contribution in [0.2, 0.25) is 0 Å². The van der Waals surface area contributed by atoms with Crippen LogP contribution in [-0.2, 0) is 0 Å². The Labute approximate surface area is 84.8 Å². The lowest BCUT2D eigenvalue weighted by Gasteiger charge is -2.35. The predicted octanol–water partition coefficient (Wildman–Crippen LogP) is 0.872. The van der Waals surface area contributed by atoms with Gasteiger partial charge in [-0.2, -0.15) is 0 Å². The van der Waals surface area contributed by atoms with Gasteiger partial charge in [0.05, 0.1) is 6.10 Å². The molecule has 1 saturated heterocycles. The molecule has 0 unspecified atom stereocenters. The SMILES string of the molecule is OC1CN(c2ncc3ccsc3n2)C1. The summed E-state index contributed by atoms with van der Waals surface area (Å²) in [6.45, 7) is 1.30. The van der Waals surface area contributed by atoms with Crippen molar-refractivity contribution in [1.82, 2.24) is 9.97 Å². The second-order valence-corrected chi connectivity index (χ2v) is 4.30. The maximum atomic E-state index is 9.16. The first-order chi connectivity index (χ1) is 6.83. The average molecular weight is 207 g/mol. The van der Waals surface area contributed by atoms with Gasteiger partial charge in [-0.1, -0.05) is 0 Å². The Kier molecular flexibility index (Phi) is 1.68. The van der Waals surface area contributed by atoms with E-state index in [2.05, 4.69) is 9.97 Å². The van der Waals surface area contributed by atoms with Crippen molar-refractivity contribution in [3.05, 3.63) is 17.6 Å². The second-order valence-electron chi connectivity index (χ2n) is 3.41. The molecule has 0 aromatic carbocycles. The summed E-state index contributed by atoms with van der Waals surface area (Å²) in [5.74, 6) is 0.727. The molecule has 1 fully saturated rings. The molecule has 0 amide bonds. The first kappa shape index (κ1) is 8.14. The minimum atomic E-state index is -0.211. The van der Waals surface area contributed by atoms with E-state index >= 15 is 0 Å². The van der Waals surface area contributed by atoms with Crippen molar-refractivity contribution < 1.29 is 5.11 Å². The van der Waals surface area contributed by atoms with Gasteiger partial charge in [0.15, 0.2) is 0 Å². The molecule has 0 spiro atoms. The molecule has 14 heavy (non-hydrogen) atoms. The molecule has 1 N–H and O–H groups in total. The van der Waals surface area contributed by atoms with Crippen molar-refractivity contribution in [1.29, 1.82) is 0 Å². The minimum Gasteiger partial charge on any atom is -0.389 e. The zero-order valence-electron chi connectivity index (χ0n) is 7.42. The van der Waals surface area contributed by atoms with Crippen molar-refractivity contribution in [3.63, 3.8) is 0 Å². The fourth-order valence-electron chi connectivity index (χ4n) is 1.52. The fourth-order valence-corrected chi connectivity index (χ4v) is 2.25. The number of anilines is 1. The van der Waals surface area contributed by atoms with Gasteiger partial charge in [0, 0.05) is 24.7 Å². The number of hydrogen-bond donors (Lipinski definition) is 1. The third kappa shape index (κ3) is 1.17. The molecule has 72 valence electrons. The molecule has 0 atom stereocenters. The Morgan fingerprint density at radius 1 is 1.50 bits per heavy atom. The van der Waals surface area contributed by atoms with E-state index in [1.165, 1.54) is 0 Å². The molecule has 0 aliphatic carbocycles. The Balaban J connectivity index is 1.97. The molecule has 0 bridgehead atoms. The van der Waals surface area contributed by atoms with E-state index in [9.17, 15) is 0 Å². The van der Waals surface area contributed by atoms with Crippen LogP contribution in [0.1, 0.15) is 0 Å². The number of β-amino-alcohol motifs (C(OH)–C–C–N with tert-alkyl or cyclic N) is 1. The maximum Gasteiger partial charge on any atom is 0.226 e. The lowest BCUT2D eigenvalue weighted by atomic mass is 10.2. The molecule has 3 rings (SSSR count). The molecule has 2 aromatic heterocycles. The lowest BCUT2D eigenvalue weighted by Crippen LogP contribution is -2.51. The number of rotatable bonds is 1. The fraction of sp³-hybridized carbons (Fsp3) is 0.333. The molecular formula is C9H9N3OS. The largest absolute Gasteiger partial charge is 0.389 e. The van der Waals surface area contributed by atoms with Gasteiger partial charge in [-0.15, -0.1) is 11.3 Å². The van der Waals surface area contributed by atoms with Crippen LogP contribution in [0.4, 0.5) is 5.95 Å². The highest BCUT2D eigenvalue weighted by molar-refractivity contribution is 7.16. The summed E-state index contributed by atoms with van der Waals surface area (Å²) < 4.78 is 0. The van der Waals surface area contributed by atoms with Crippen molar-refractivity contribution in [2.24, 2.45) is 0 Å². The smallest absolute Gasteiger partial charge is 0.226 e. The van der Waals surface area contributed by atoms with E-state index in [4.69, 9.17) is 5.11 Å². The van der Waals surface area contributed by atoms with Gasteiger partial charge in [-0.3, -0.25) is 0 Å². The van der Waals surface area contributed by atoms with Gasteiger partial charge in [0.2, 0.25) is 5.95 Å². The Bertz CT molecular complexity index is 464. The van der Waals surface area contributed by atoms with E-state index in [0.29, 0.717) is 13.1 Å². The Hall–Kier alpha value is -1.20. The minimum absolute atomic E-state index is 0.211. The summed E-state index contributed by atoms with van der Waals surface area (Å²) in [6, 6.07) is 2.01. The molecule has 3 heterocycles. The zero-order valence-corrected chi connectivity index (χ0v) is 8.24. The zero-order chi connectivity index (χ0) is 9.54. The van der Waals surface area contributed by atoms with E-state index in [-0.39, 0.29) is 6.10 Å². The van der Waals surface area contributed by atoms with Crippen LogP contribution in [0.3, 0.4) is 0 Å². The predicted molar refractivity (Wildman–Crippen MR) is 55.6 cm³/mol. The van der Waals surface area contributed by atoms with Gasteiger partial charge >= 0.3 is 0 Å². The van der Waals surface area contributed by atoms with E-state index in [1.807, 2.05) is 22.5 Å². The van der Waals surface area contributed by atoms with Crippen LogP contribution >= 0.6 is 11.3 Å². The van der Waals surface area contributed by atoms with Crippen molar-refractivity contribution in [2.75, 3.05) is 18.0 Å². The number of hydrogen-bond acceptors (Lipinski definition) is 5. The normalized spacial score (nSPS) is 17.4. The average Bonchev–Trinajstić information content (AvgIpc) is 2.59. The Morgan fingerprint density at radius 2 is 2.36 bits per heavy atom. The van der Waals surface area contributed by atoms with Crippen molar-refractivity contribution >= 4 is 27.5 Å². The highest BCUT2D eigenvalue weighted by Crippen LogP contribution is 2.22. The van der Waals surface area contributed by atoms with Crippen molar-refractivity contribution in [2.45, 2.75) is 6.10 Å². The Morgan fingerprint density at radius 3 is 3.14 bits per heavy atom. The van der Waals surface area contributed by atoms with E-state index < -0.39 is 0 Å². The van der Waals surface area contributed by atoms with E-state index in [1.54, 1.807) is 11.3 Å². The highest BCUT2D eigenvalue weighted by atomic mass is 32.1. The van der Waals surface area contributed by atoms with Crippen LogP contribution in [0.15, 0.2) is 17.6 Å². The third-order valence-corrected chi connectivity index (χ3v) is 3.16. The van der Waals surface area contributed by atoms with Crippen LogP contribution in [-0.4, -0.2) is 34.3 Å².